The molecule has 0 saturated carbocycles. The van der Waals surface area contributed by atoms with Crippen molar-refractivity contribution in [2.75, 3.05) is 7.11 Å². The minimum absolute atomic E-state index is 0.386. The molecular weight excluding hydrogens is 420 g/mol. The molecule has 0 aliphatic carbocycles. The summed E-state index contributed by atoms with van der Waals surface area (Å²) < 4.78 is 17.8. The first-order valence-electron chi connectivity index (χ1n) is 8.78. The molecule has 5 aromatic rings. The molecule has 0 atom stereocenters. The summed E-state index contributed by atoms with van der Waals surface area (Å²) in [6, 6.07) is 15.6. The van der Waals surface area contributed by atoms with Gasteiger partial charge >= 0.3 is 5.63 Å². The van der Waals surface area contributed by atoms with Gasteiger partial charge < -0.3 is 13.6 Å². The molecule has 0 spiro atoms. The maximum atomic E-state index is 12.6. The predicted molar refractivity (Wildman–Crippen MR) is 114 cm³/mol. The number of hydrogen-bond donors (Lipinski definition) is 0. The Labute approximate surface area is 168 Å². The van der Waals surface area contributed by atoms with Crippen LogP contribution in [0.2, 0.25) is 0 Å². The summed E-state index contributed by atoms with van der Waals surface area (Å²) in [5, 5.41) is 3.19. The number of halogens is 1. The van der Waals surface area contributed by atoms with Gasteiger partial charge in [0.25, 0.3) is 0 Å². The van der Waals surface area contributed by atoms with E-state index in [1.807, 2.05) is 49.4 Å². The first-order valence-corrected chi connectivity index (χ1v) is 9.57. The Bertz CT molecular complexity index is 1430. The van der Waals surface area contributed by atoms with Gasteiger partial charge in [-0.05, 0) is 48.9 Å². The number of fused-ring (bicyclic) bond motifs is 4. The van der Waals surface area contributed by atoms with E-state index in [-0.39, 0.29) is 5.63 Å². The first-order chi connectivity index (χ1) is 13.6. The lowest BCUT2D eigenvalue weighted by molar-refractivity contribution is 0.415. The van der Waals surface area contributed by atoms with Gasteiger partial charge in [0, 0.05) is 31.8 Å². The third-order valence-electron chi connectivity index (χ3n) is 5.13. The third-order valence-corrected chi connectivity index (χ3v) is 5.66. The number of benzene rings is 3. The van der Waals surface area contributed by atoms with E-state index in [2.05, 4.69) is 15.9 Å². The summed E-state index contributed by atoms with van der Waals surface area (Å²) in [6.07, 6.45) is 1.75. The Morgan fingerprint density at radius 1 is 0.893 bits per heavy atom. The molecule has 0 aliphatic heterocycles. The molecule has 2 aromatic heterocycles. The molecular formula is C23H15BrO4. The molecule has 2 heterocycles. The summed E-state index contributed by atoms with van der Waals surface area (Å²) >= 11 is 3.47. The number of ether oxygens (including phenoxy) is 1. The lowest BCUT2D eigenvalue weighted by Crippen LogP contribution is -2.01. The highest BCUT2D eigenvalue weighted by atomic mass is 79.9. The fourth-order valence-corrected chi connectivity index (χ4v) is 3.97. The van der Waals surface area contributed by atoms with Crippen LogP contribution in [-0.4, -0.2) is 7.11 Å². The second kappa shape index (κ2) is 6.24. The zero-order chi connectivity index (χ0) is 19.4. The summed E-state index contributed by atoms with van der Waals surface area (Å²) in [4.78, 5) is 12.6. The monoisotopic (exact) mass is 434 g/mol. The molecule has 3 aromatic carbocycles. The zero-order valence-electron chi connectivity index (χ0n) is 15.2. The van der Waals surface area contributed by atoms with E-state index in [1.165, 1.54) is 0 Å². The van der Waals surface area contributed by atoms with Gasteiger partial charge in [0.2, 0.25) is 0 Å². The average molecular weight is 435 g/mol. The van der Waals surface area contributed by atoms with Crippen molar-refractivity contribution in [3.8, 4) is 16.9 Å². The SMILES string of the molecule is COc1ccc2c(c1)c(=O)oc1c(C)c3occ(-c4ccc(Br)cc4)c3cc12. The van der Waals surface area contributed by atoms with Crippen LogP contribution < -0.4 is 10.4 Å². The van der Waals surface area contributed by atoms with Crippen LogP contribution in [0.5, 0.6) is 5.75 Å². The summed E-state index contributed by atoms with van der Waals surface area (Å²) in [5.74, 6) is 0.621. The molecule has 0 amide bonds. The highest BCUT2D eigenvalue weighted by molar-refractivity contribution is 9.10. The number of hydrogen-bond acceptors (Lipinski definition) is 4. The third kappa shape index (κ3) is 2.47. The Balaban J connectivity index is 1.90. The van der Waals surface area contributed by atoms with Crippen molar-refractivity contribution >= 4 is 48.6 Å². The van der Waals surface area contributed by atoms with Crippen LogP contribution in [0.25, 0.3) is 43.8 Å². The van der Waals surface area contributed by atoms with E-state index in [1.54, 1.807) is 19.4 Å². The van der Waals surface area contributed by atoms with E-state index in [0.29, 0.717) is 16.7 Å². The Morgan fingerprint density at radius 3 is 2.43 bits per heavy atom. The molecule has 0 saturated heterocycles. The molecule has 0 fully saturated rings. The van der Waals surface area contributed by atoms with E-state index in [9.17, 15) is 4.79 Å². The Kier molecular flexibility index (Phi) is 3.81. The average Bonchev–Trinajstić information content (AvgIpc) is 3.14. The van der Waals surface area contributed by atoms with Gasteiger partial charge in [-0.1, -0.05) is 28.1 Å². The number of rotatable bonds is 2. The molecule has 5 heteroatoms. The second-order valence-electron chi connectivity index (χ2n) is 6.71. The molecule has 0 bridgehead atoms. The van der Waals surface area contributed by atoms with Crippen molar-refractivity contribution in [2.45, 2.75) is 6.92 Å². The van der Waals surface area contributed by atoms with Crippen LogP contribution in [0.15, 0.2) is 72.9 Å². The largest absolute Gasteiger partial charge is 0.497 e. The van der Waals surface area contributed by atoms with E-state index in [4.69, 9.17) is 13.6 Å². The van der Waals surface area contributed by atoms with Gasteiger partial charge in [0.1, 0.15) is 16.9 Å². The fraction of sp³-hybridized carbons (Fsp3) is 0.0870. The molecule has 0 N–H and O–H groups in total. The van der Waals surface area contributed by atoms with Crippen LogP contribution in [0, 0.1) is 6.92 Å². The first kappa shape index (κ1) is 17.1. The van der Waals surface area contributed by atoms with Gasteiger partial charge in [-0.15, -0.1) is 0 Å². The van der Waals surface area contributed by atoms with Gasteiger partial charge in [-0.3, -0.25) is 0 Å². The smallest absolute Gasteiger partial charge is 0.344 e. The van der Waals surface area contributed by atoms with Crippen molar-refractivity contribution in [3.05, 3.63) is 75.3 Å². The standard InChI is InChI=1S/C23H15BrO4/c1-12-21-18(20(11-27-21)13-3-5-14(24)6-4-13)10-17-16-8-7-15(26-2)9-19(16)23(25)28-22(12)17/h3-11H,1-2H3. The molecule has 0 unspecified atom stereocenters. The zero-order valence-corrected chi connectivity index (χ0v) is 16.8. The van der Waals surface area contributed by atoms with E-state index in [0.717, 1.165) is 42.9 Å². The lowest BCUT2D eigenvalue weighted by atomic mass is 9.99. The van der Waals surface area contributed by atoms with E-state index < -0.39 is 0 Å². The maximum Gasteiger partial charge on any atom is 0.344 e. The van der Waals surface area contributed by atoms with Crippen molar-refractivity contribution in [1.82, 2.24) is 0 Å². The fourth-order valence-electron chi connectivity index (χ4n) is 3.70. The van der Waals surface area contributed by atoms with Crippen molar-refractivity contribution < 1.29 is 13.6 Å². The van der Waals surface area contributed by atoms with Gasteiger partial charge in [0.05, 0.1) is 18.8 Å². The molecule has 4 nitrogen and oxygen atoms in total. The minimum atomic E-state index is -0.386. The van der Waals surface area contributed by atoms with Crippen LogP contribution in [0.3, 0.4) is 0 Å². The van der Waals surface area contributed by atoms with Crippen molar-refractivity contribution in [1.29, 1.82) is 0 Å². The van der Waals surface area contributed by atoms with Crippen LogP contribution in [-0.2, 0) is 0 Å². The minimum Gasteiger partial charge on any atom is -0.497 e. The van der Waals surface area contributed by atoms with E-state index >= 15 is 0 Å². The summed E-state index contributed by atoms with van der Waals surface area (Å²) in [7, 11) is 1.58. The van der Waals surface area contributed by atoms with Gasteiger partial charge in [0.15, 0.2) is 0 Å². The summed E-state index contributed by atoms with van der Waals surface area (Å²) in [5.41, 5.74) is 3.76. The predicted octanol–water partition coefficient (Wildman–Crippen LogP) is 6.44. The van der Waals surface area contributed by atoms with Gasteiger partial charge in [-0.25, -0.2) is 4.79 Å². The van der Waals surface area contributed by atoms with Crippen molar-refractivity contribution in [2.24, 2.45) is 0 Å². The van der Waals surface area contributed by atoms with Crippen LogP contribution in [0.4, 0.5) is 0 Å². The highest BCUT2D eigenvalue weighted by Gasteiger charge is 2.17. The number of methoxy groups -OCH3 is 1. The Hall–Kier alpha value is -3.05. The second-order valence-corrected chi connectivity index (χ2v) is 7.63. The number of furan rings is 1. The molecule has 0 aliphatic rings. The Morgan fingerprint density at radius 2 is 1.68 bits per heavy atom. The number of aryl methyl sites for hydroxylation is 1. The molecule has 138 valence electrons. The van der Waals surface area contributed by atoms with Gasteiger partial charge in [-0.2, -0.15) is 0 Å². The maximum absolute atomic E-state index is 12.6. The molecule has 28 heavy (non-hydrogen) atoms. The molecule has 5 rings (SSSR count). The quantitative estimate of drug-likeness (QED) is 0.237. The van der Waals surface area contributed by atoms with Crippen LogP contribution >= 0.6 is 15.9 Å². The molecule has 0 radical (unpaired) electrons. The van der Waals surface area contributed by atoms with Crippen molar-refractivity contribution in [3.63, 3.8) is 0 Å². The highest BCUT2D eigenvalue weighted by Crippen LogP contribution is 2.38. The summed E-state index contributed by atoms with van der Waals surface area (Å²) in [6.45, 7) is 1.91. The normalized spacial score (nSPS) is 11.5. The van der Waals surface area contributed by atoms with Crippen LogP contribution in [0.1, 0.15) is 5.56 Å². The lowest BCUT2D eigenvalue weighted by Gasteiger charge is -2.08. The topological polar surface area (TPSA) is 52.6 Å².